The molecule has 0 radical (unpaired) electrons. The fourth-order valence-corrected chi connectivity index (χ4v) is 5.36. The van der Waals surface area contributed by atoms with E-state index >= 15 is 0 Å². The van der Waals surface area contributed by atoms with Crippen molar-refractivity contribution in [2.45, 2.75) is 5.51 Å². The Morgan fingerprint density at radius 2 is 1.60 bits per heavy atom. The highest BCUT2D eigenvalue weighted by Gasteiger charge is 2.39. The normalized spacial score (nSPS) is 12.1. The van der Waals surface area contributed by atoms with Crippen LogP contribution in [0.3, 0.4) is 0 Å². The minimum Gasteiger partial charge on any atom is -0.569 e. The summed E-state index contributed by atoms with van der Waals surface area (Å²) in [6.07, 6.45) is 0. The van der Waals surface area contributed by atoms with Gasteiger partial charge < -0.3 is 9.46 Å². The monoisotopic (exact) mass is 772 g/mol. The predicted octanol–water partition coefficient (Wildman–Crippen LogP) is 6.73. The van der Waals surface area contributed by atoms with E-state index in [1.54, 1.807) is 12.1 Å². The Labute approximate surface area is 210 Å². The molecule has 158 valence electrons. The number of halogens is 6. The van der Waals surface area contributed by atoms with E-state index in [2.05, 4.69) is 49.9 Å². The third-order valence-corrected chi connectivity index (χ3v) is 8.48. The van der Waals surface area contributed by atoms with Crippen molar-refractivity contribution in [3.8, 4) is 5.75 Å². The summed E-state index contributed by atoms with van der Waals surface area (Å²) in [6.45, 7) is 0. The number of rotatable bonds is 4. The Morgan fingerprint density at radius 3 is 2.23 bits per heavy atom. The van der Waals surface area contributed by atoms with Crippen molar-refractivity contribution >= 4 is 100 Å². The largest absolute Gasteiger partial charge is 0.569 e. The number of hydrogen-bond donors (Lipinski definition) is 0. The summed E-state index contributed by atoms with van der Waals surface area (Å²) in [5.74, 6) is -0.572. The van der Waals surface area contributed by atoms with Gasteiger partial charge in [-0.3, -0.25) is 0 Å². The van der Waals surface area contributed by atoms with E-state index in [0.29, 0.717) is 9.13 Å². The maximum atomic E-state index is 12.7. The molecular weight excluding hydrogens is 764 g/mol. The highest BCUT2D eigenvalue weighted by Crippen LogP contribution is 2.41. The average Bonchev–Trinajstić information content (AvgIpc) is 2.65. The van der Waals surface area contributed by atoms with Gasteiger partial charge in [-0.05, 0) is 91.4 Å². The maximum absolute atomic E-state index is 12.7. The number of fused-ring (bicyclic) bond motifs is 1. The second-order valence-corrected chi connectivity index (χ2v) is 10.9. The second kappa shape index (κ2) is 8.93. The van der Waals surface area contributed by atoms with E-state index in [4.69, 9.17) is 4.74 Å². The topological polar surface area (TPSA) is 74.5 Å². The molecule has 0 aliphatic carbocycles. The van der Waals surface area contributed by atoms with Crippen LogP contribution in [-0.2, 0) is 10.0 Å². The smallest absolute Gasteiger partial charge is 0.483 e. The molecule has 3 aromatic carbocycles. The summed E-state index contributed by atoms with van der Waals surface area (Å²) in [4.78, 5) is 12.7. The van der Waals surface area contributed by atoms with E-state index < -0.39 is 27.2 Å². The quantitative estimate of drug-likeness (QED) is 0.128. The fraction of sp³-hybridized carbons (Fsp3) is 0.0556. The number of sulfonamides is 1. The molecule has 0 aromatic heterocycles. The Morgan fingerprint density at radius 1 is 0.967 bits per heavy atom. The van der Waals surface area contributed by atoms with Crippen molar-refractivity contribution in [1.29, 1.82) is 0 Å². The van der Waals surface area contributed by atoms with Crippen LogP contribution in [0.2, 0.25) is 0 Å². The summed E-state index contributed by atoms with van der Waals surface area (Å²) in [5, 5.41) is 0.349. The van der Waals surface area contributed by atoms with Gasteiger partial charge in [-0.2, -0.15) is 13.2 Å². The Hall–Kier alpha value is -0.880. The van der Waals surface area contributed by atoms with Crippen LogP contribution in [0.15, 0.2) is 48.5 Å². The van der Waals surface area contributed by atoms with Gasteiger partial charge in [-0.25, -0.2) is 13.2 Å². The van der Waals surface area contributed by atoms with E-state index in [1.165, 1.54) is 24.3 Å². The highest BCUT2D eigenvalue weighted by atomic mass is 127. The first-order valence-corrected chi connectivity index (χ1v) is 12.5. The fourth-order valence-electron chi connectivity index (χ4n) is 2.46. The number of ether oxygens (including phenoxy) is 1. The molecule has 12 heteroatoms. The minimum atomic E-state index is -5.72. The van der Waals surface area contributed by atoms with Gasteiger partial charge in [0.05, 0.1) is 5.56 Å². The molecule has 30 heavy (non-hydrogen) atoms. The van der Waals surface area contributed by atoms with Crippen LogP contribution in [0, 0.1) is 10.7 Å². The number of esters is 1. The molecule has 0 saturated carbocycles. The molecule has 5 nitrogen and oxygen atoms in total. The van der Waals surface area contributed by atoms with Gasteiger partial charge in [-0.15, -0.1) is 5.69 Å². The first-order chi connectivity index (χ1) is 13.9. The zero-order valence-electron chi connectivity index (χ0n) is 14.4. The maximum Gasteiger partial charge on any atom is 0.483 e. The molecule has 0 aliphatic rings. The van der Waals surface area contributed by atoms with E-state index in [1.807, 2.05) is 28.7 Å². The number of carbonyl (C=O) groups excluding carboxylic acids is 1. The first kappa shape index (κ1) is 23.8. The molecular formula is C18H8F3I3NO4S-. The van der Waals surface area contributed by atoms with Crippen LogP contribution in [-0.4, -0.2) is 19.9 Å². The molecule has 0 fully saturated rings. The molecule has 0 spiro atoms. The lowest BCUT2D eigenvalue weighted by Crippen LogP contribution is -2.21. The zero-order valence-corrected chi connectivity index (χ0v) is 21.7. The van der Waals surface area contributed by atoms with Gasteiger partial charge in [0, 0.05) is 16.1 Å². The highest BCUT2D eigenvalue weighted by molar-refractivity contribution is 14.1. The summed E-state index contributed by atoms with van der Waals surface area (Å²) < 4.78 is 71.8. The summed E-state index contributed by atoms with van der Waals surface area (Å²) in [6, 6.07) is 11.8. The van der Waals surface area contributed by atoms with E-state index in [-0.39, 0.29) is 16.5 Å². The van der Waals surface area contributed by atoms with Crippen LogP contribution < -0.4 is 4.74 Å². The van der Waals surface area contributed by atoms with Gasteiger partial charge in [0.2, 0.25) is 0 Å². The van der Waals surface area contributed by atoms with Gasteiger partial charge >= 0.3 is 11.5 Å². The third kappa shape index (κ3) is 4.95. The average molecular weight is 772 g/mol. The third-order valence-electron chi connectivity index (χ3n) is 3.79. The van der Waals surface area contributed by atoms with E-state index in [9.17, 15) is 26.4 Å². The molecule has 0 aliphatic heterocycles. The predicted molar refractivity (Wildman–Crippen MR) is 131 cm³/mol. The number of benzene rings is 3. The summed E-state index contributed by atoms with van der Waals surface area (Å²) in [5.41, 5.74) is -5.58. The lowest BCUT2D eigenvalue weighted by molar-refractivity contribution is -0.0425. The van der Waals surface area contributed by atoms with Crippen molar-refractivity contribution in [1.82, 2.24) is 0 Å². The molecule has 0 bridgehead atoms. The van der Waals surface area contributed by atoms with Crippen LogP contribution in [0.5, 0.6) is 5.75 Å². The SMILES string of the molecule is O=C(Oc1ccc([N-]S(=O)(=O)C(F)(F)F)c2ccccc12)c1cc(I)cc(I)c1I. The van der Waals surface area contributed by atoms with Crippen molar-refractivity contribution in [3.63, 3.8) is 0 Å². The molecule has 0 saturated heterocycles. The number of carbonyl (C=O) groups is 1. The minimum absolute atomic E-state index is 0.0728. The van der Waals surface area contributed by atoms with E-state index in [0.717, 1.165) is 13.2 Å². The molecule has 0 heterocycles. The zero-order chi connectivity index (χ0) is 22.3. The van der Waals surface area contributed by atoms with Crippen molar-refractivity contribution < 1.29 is 31.1 Å². The molecule has 3 rings (SSSR count). The van der Waals surface area contributed by atoms with Crippen molar-refractivity contribution in [3.05, 3.63) is 69.5 Å². The molecule has 0 N–H and O–H groups in total. The number of nitrogens with zero attached hydrogens (tertiary/aromatic N) is 1. The Balaban J connectivity index is 2.03. The molecule has 0 atom stereocenters. The Kier molecular flexibility index (Phi) is 7.08. The standard InChI is InChI=1S/C18H8F3I3NO4S/c19-18(20,21)30(27,28)25-14-5-6-15(11-4-2-1-3-10(11)14)29-17(26)12-7-9(22)8-13(23)16(12)24/h1-8H/q-1. The van der Waals surface area contributed by atoms with Gasteiger partial charge in [-0.1, -0.05) is 30.3 Å². The van der Waals surface area contributed by atoms with Crippen LogP contribution in [0.25, 0.3) is 15.5 Å². The van der Waals surface area contributed by atoms with Gasteiger partial charge in [0.25, 0.3) is 0 Å². The number of hydrogen-bond acceptors (Lipinski definition) is 4. The molecule has 3 aromatic rings. The summed E-state index contributed by atoms with van der Waals surface area (Å²) >= 11 is 6.19. The van der Waals surface area contributed by atoms with Crippen LogP contribution in [0.1, 0.15) is 10.4 Å². The van der Waals surface area contributed by atoms with Gasteiger partial charge in [0.15, 0.2) is 10.0 Å². The molecule has 0 unspecified atom stereocenters. The molecule has 0 amide bonds. The van der Waals surface area contributed by atoms with Crippen molar-refractivity contribution in [2.75, 3.05) is 0 Å². The van der Waals surface area contributed by atoms with Crippen molar-refractivity contribution in [2.24, 2.45) is 0 Å². The number of alkyl halides is 3. The van der Waals surface area contributed by atoms with Crippen LogP contribution in [0.4, 0.5) is 18.9 Å². The van der Waals surface area contributed by atoms with Gasteiger partial charge in [0.1, 0.15) is 5.75 Å². The summed E-state index contributed by atoms with van der Waals surface area (Å²) in [7, 11) is -5.72. The van der Waals surface area contributed by atoms with Crippen LogP contribution >= 0.6 is 67.8 Å². The second-order valence-electron chi connectivity index (χ2n) is 5.78. The lowest BCUT2D eigenvalue weighted by Gasteiger charge is -2.25. The lowest BCUT2D eigenvalue weighted by atomic mass is 10.1. The Bertz CT molecular complexity index is 1260. The first-order valence-electron chi connectivity index (χ1n) is 7.83.